The number of nitrogens with zero attached hydrogens (tertiary/aromatic N) is 1. The van der Waals surface area contributed by atoms with Gasteiger partial charge >= 0.3 is 11.4 Å². The van der Waals surface area contributed by atoms with Crippen LogP contribution < -0.4 is 5.63 Å². The van der Waals surface area contributed by atoms with Gasteiger partial charge in [-0.25, -0.2) is 9.78 Å². The van der Waals surface area contributed by atoms with Crippen LogP contribution in [0.5, 0.6) is 0 Å². The Kier molecular flexibility index (Phi) is 2.86. The van der Waals surface area contributed by atoms with Gasteiger partial charge in [-0.3, -0.25) is 0 Å². The standard InChI is InChI=1S/C18H11NO3/c20-15-11-14(12-7-3-1-4-8-12)16-18(21-15)22-17(19-16)13-9-5-2-6-10-13/h1-11H. The number of aromatic nitrogens is 1. The van der Waals surface area contributed by atoms with Crippen LogP contribution in [-0.2, 0) is 0 Å². The maximum atomic E-state index is 11.8. The molecule has 0 saturated heterocycles. The van der Waals surface area contributed by atoms with E-state index in [1.165, 1.54) is 6.07 Å². The van der Waals surface area contributed by atoms with E-state index in [1.54, 1.807) is 0 Å². The molecular formula is C18H11NO3. The zero-order chi connectivity index (χ0) is 14.9. The number of hydrogen-bond acceptors (Lipinski definition) is 4. The topological polar surface area (TPSA) is 56.2 Å². The predicted octanol–water partition coefficient (Wildman–Crippen LogP) is 4.12. The summed E-state index contributed by atoms with van der Waals surface area (Å²) in [6.45, 7) is 0. The van der Waals surface area contributed by atoms with Crippen molar-refractivity contribution in [2.45, 2.75) is 0 Å². The molecular weight excluding hydrogens is 278 g/mol. The quantitative estimate of drug-likeness (QED) is 0.557. The van der Waals surface area contributed by atoms with Crippen LogP contribution in [0.1, 0.15) is 0 Å². The molecule has 0 saturated carbocycles. The van der Waals surface area contributed by atoms with Crippen molar-refractivity contribution in [1.82, 2.24) is 4.98 Å². The molecule has 0 fully saturated rings. The van der Waals surface area contributed by atoms with Gasteiger partial charge in [-0.1, -0.05) is 48.5 Å². The van der Waals surface area contributed by atoms with E-state index in [4.69, 9.17) is 8.83 Å². The lowest BCUT2D eigenvalue weighted by atomic mass is 10.1. The molecule has 0 bridgehead atoms. The first kappa shape index (κ1) is 12.6. The van der Waals surface area contributed by atoms with E-state index in [-0.39, 0.29) is 5.78 Å². The monoisotopic (exact) mass is 289 g/mol. The fourth-order valence-electron chi connectivity index (χ4n) is 2.39. The van der Waals surface area contributed by atoms with E-state index in [2.05, 4.69) is 4.98 Å². The second-order valence-corrected chi connectivity index (χ2v) is 4.87. The van der Waals surface area contributed by atoms with Crippen molar-refractivity contribution in [1.29, 1.82) is 0 Å². The Morgan fingerprint density at radius 3 is 2.09 bits per heavy atom. The summed E-state index contributed by atoms with van der Waals surface area (Å²) in [5.74, 6) is 0.576. The van der Waals surface area contributed by atoms with Crippen LogP contribution in [0.15, 0.2) is 80.4 Å². The highest BCUT2D eigenvalue weighted by atomic mass is 16.5. The highest BCUT2D eigenvalue weighted by molar-refractivity contribution is 5.88. The average molecular weight is 289 g/mol. The summed E-state index contributed by atoms with van der Waals surface area (Å²) in [4.78, 5) is 16.3. The Hall–Kier alpha value is -3.14. The van der Waals surface area contributed by atoms with E-state index >= 15 is 0 Å². The third-order valence-corrected chi connectivity index (χ3v) is 3.41. The summed E-state index contributed by atoms with van der Waals surface area (Å²) in [6, 6.07) is 20.5. The summed E-state index contributed by atoms with van der Waals surface area (Å²) in [5, 5.41) is 0. The number of oxazole rings is 1. The van der Waals surface area contributed by atoms with E-state index in [9.17, 15) is 4.79 Å². The van der Waals surface area contributed by atoms with Crippen molar-refractivity contribution in [2.75, 3.05) is 0 Å². The smallest absolute Gasteiger partial charge is 0.339 e. The minimum atomic E-state index is -0.456. The molecule has 0 N–H and O–H groups in total. The van der Waals surface area contributed by atoms with Gasteiger partial charge in [0.05, 0.1) is 0 Å². The Balaban J connectivity index is 1.99. The van der Waals surface area contributed by atoms with Gasteiger partial charge in [0, 0.05) is 17.2 Å². The maximum Gasteiger partial charge on any atom is 0.339 e. The molecule has 0 aliphatic carbocycles. The predicted molar refractivity (Wildman–Crippen MR) is 83.4 cm³/mol. The summed E-state index contributed by atoms with van der Waals surface area (Å²) >= 11 is 0. The van der Waals surface area contributed by atoms with Crippen molar-refractivity contribution in [2.24, 2.45) is 0 Å². The van der Waals surface area contributed by atoms with Gasteiger partial charge in [-0.2, -0.15) is 0 Å². The minimum Gasteiger partial charge on any atom is -0.405 e. The minimum absolute atomic E-state index is 0.144. The van der Waals surface area contributed by atoms with Gasteiger partial charge in [-0.15, -0.1) is 0 Å². The molecule has 2 aromatic heterocycles. The number of rotatable bonds is 2. The number of fused-ring (bicyclic) bond motifs is 1. The van der Waals surface area contributed by atoms with Crippen molar-refractivity contribution in [3.8, 4) is 22.6 Å². The van der Waals surface area contributed by atoms with E-state index in [1.807, 2.05) is 60.7 Å². The Morgan fingerprint density at radius 2 is 1.41 bits per heavy atom. The molecule has 4 nitrogen and oxygen atoms in total. The lowest BCUT2D eigenvalue weighted by Crippen LogP contribution is -1.97. The second kappa shape index (κ2) is 5.00. The normalized spacial score (nSPS) is 10.9. The van der Waals surface area contributed by atoms with Gasteiger partial charge in [0.2, 0.25) is 5.89 Å². The summed E-state index contributed by atoms with van der Waals surface area (Å²) in [6.07, 6.45) is 0. The largest absolute Gasteiger partial charge is 0.405 e. The van der Waals surface area contributed by atoms with E-state index in [0.29, 0.717) is 17.0 Å². The highest BCUT2D eigenvalue weighted by Gasteiger charge is 2.15. The van der Waals surface area contributed by atoms with Gasteiger partial charge < -0.3 is 8.83 Å². The summed E-state index contributed by atoms with van der Waals surface area (Å²) in [5.41, 5.74) is 2.53. The van der Waals surface area contributed by atoms with E-state index in [0.717, 1.165) is 11.1 Å². The fraction of sp³-hybridized carbons (Fsp3) is 0. The summed E-state index contributed by atoms with van der Waals surface area (Å²) in [7, 11) is 0. The number of benzene rings is 2. The highest BCUT2D eigenvalue weighted by Crippen LogP contribution is 2.30. The molecule has 0 unspecified atom stereocenters. The van der Waals surface area contributed by atoms with Crippen LogP contribution in [-0.4, -0.2) is 4.98 Å². The Bertz CT molecular complexity index is 985. The van der Waals surface area contributed by atoms with Gasteiger partial charge in [0.25, 0.3) is 0 Å². The first-order chi connectivity index (χ1) is 10.8. The maximum absolute atomic E-state index is 11.8. The first-order valence-electron chi connectivity index (χ1n) is 6.87. The summed E-state index contributed by atoms with van der Waals surface area (Å²) < 4.78 is 10.8. The van der Waals surface area contributed by atoms with Gasteiger partial charge in [0.1, 0.15) is 0 Å². The third kappa shape index (κ3) is 2.11. The van der Waals surface area contributed by atoms with Crippen LogP contribution in [0.25, 0.3) is 33.9 Å². The van der Waals surface area contributed by atoms with Gasteiger partial charge in [-0.05, 0) is 17.7 Å². The van der Waals surface area contributed by atoms with Crippen molar-refractivity contribution in [3.63, 3.8) is 0 Å². The molecule has 0 spiro atoms. The lowest BCUT2D eigenvalue weighted by molar-refractivity contribution is 0.455. The second-order valence-electron chi connectivity index (χ2n) is 4.87. The zero-order valence-electron chi connectivity index (χ0n) is 11.5. The van der Waals surface area contributed by atoms with Crippen LogP contribution in [0.3, 0.4) is 0 Å². The molecule has 4 aromatic rings. The third-order valence-electron chi connectivity index (χ3n) is 3.41. The van der Waals surface area contributed by atoms with Crippen LogP contribution in [0.2, 0.25) is 0 Å². The average Bonchev–Trinajstić information content (AvgIpc) is 2.99. The Labute approximate surface area is 125 Å². The van der Waals surface area contributed by atoms with Crippen molar-refractivity contribution in [3.05, 3.63) is 77.2 Å². The van der Waals surface area contributed by atoms with Crippen LogP contribution in [0.4, 0.5) is 0 Å². The zero-order valence-corrected chi connectivity index (χ0v) is 11.5. The molecule has 2 aromatic carbocycles. The molecule has 4 heteroatoms. The van der Waals surface area contributed by atoms with Crippen molar-refractivity contribution >= 4 is 11.3 Å². The molecule has 2 heterocycles. The van der Waals surface area contributed by atoms with Crippen LogP contribution in [0, 0.1) is 0 Å². The molecule has 0 radical (unpaired) electrons. The molecule has 4 rings (SSSR count). The first-order valence-corrected chi connectivity index (χ1v) is 6.87. The lowest BCUT2D eigenvalue weighted by Gasteiger charge is -1.99. The van der Waals surface area contributed by atoms with Crippen molar-refractivity contribution < 1.29 is 8.83 Å². The van der Waals surface area contributed by atoms with E-state index < -0.39 is 5.63 Å². The fourth-order valence-corrected chi connectivity index (χ4v) is 2.39. The molecule has 22 heavy (non-hydrogen) atoms. The SMILES string of the molecule is O=c1cc(-c2ccccc2)c2nc(-c3ccccc3)oc2o1. The number of hydrogen-bond donors (Lipinski definition) is 0. The molecule has 106 valence electrons. The Morgan fingerprint density at radius 1 is 0.773 bits per heavy atom. The van der Waals surface area contributed by atoms with Crippen LogP contribution >= 0.6 is 0 Å². The molecule has 0 amide bonds. The molecule has 0 atom stereocenters. The molecule has 0 aliphatic rings. The van der Waals surface area contributed by atoms with Gasteiger partial charge in [0.15, 0.2) is 5.52 Å². The molecule has 0 aliphatic heterocycles.